The van der Waals surface area contributed by atoms with Crippen LogP contribution < -0.4 is 0 Å². The first kappa shape index (κ1) is 21.1. The number of hydrogen-bond acceptors (Lipinski definition) is 6. The van der Waals surface area contributed by atoms with Crippen molar-refractivity contribution in [1.82, 2.24) is 14.2 Å². The minimum Gasteiger partial charge on any atom is -0.342 e. The van der Waals surface area contributed by atoms with Crippen LogP contribution in [0.25, 0.3) is 10.2 Å². The fourth-order valence-electron chi connectivity index (χ4n) is 4.60. The SMILES string of the molecule is O=C([C@@H]1CCCN(S(=O)(=O)c2cccs2)C1)N1CCC[C@H](c2nc3ccccc3s2)C1. The number of carbonyl (C=O) groups excluding carboxylic acids is 1. The minimum absolute atomic E-state index is 0.0943. The second kappa shape index (κ2) is 8.61. The predicted octanol–water partition coefficient (Wildman–Crippen LogP) is 4.16. The number of sulfonamides is 1. The number of benzene rings is 1. The molecule has 2 fully saturated rings. The summed E-state index contributed by atoms with van der Waals surface area (Å²) < 4.78 is 28.9. The maximum absolute atomic E-state index is 13.4. The molecule has 164 valence electrons. The molecule has 4 heterocycles. The van der Waals surface area contributed by atoms with Crippen LogP contribution in [0, 0.1) is 5.92 Å². The number of aromatic nitrogens is 1. The first-order valence-electron chi connectivity index (χ1n) is 10.7. The van der Waals surface area contributed by atoms with Crippen LogP contribution in [0.15, 0.2) is 46.0 Å². The molecule has 0 radical (unpaired) electrons. The summed E-state index contributed by atoms with van der Waals surface area (Å²) in [5, 5.41) is 2.87. The summed E-state index contributed by atoms with van der Waals surface area (Å²) in [6, 6.07) is 11.5. The molecule has 2 aliphatic heterocycles. The molecule has 6 nitrogen and oxygen atoms in total. The number of hydrogen-bond donors (Lipinski definition) is 0. The number of rotatable bonds is 4. The van der Waals surface area contributed by atoms with Crippen molar-refractivity contribution >= 4 is 48.8 Å². The summed E-state index contributed by atoms with van der Waals surface area (Å²) in [7, 11) is -3.51. The van der Waals surface area contributed by atoms with E-state index >= 15 is 0 Å². The molecule has 5 rings (SSSR count). The zero-order chi connectivity index (χ0) is 21.4. The highest BCUT2D eigenvalue weighted by Crippen LogP contribution is 2.34. The molecule has 2 aliphatic rings. The molecule has 2 saturated heterocycles. The predicted molar refractivity (Wildman–Crippen MR) is 124 cm³/mol. The van der Waals surface area contributed by atoms with Crippen LogP contribution in [-0.4, -0.2) is 54.7 Å². The lowest BCUT2D eigenvalue weighted by Gasteiger charge is -2.37. The van der Waals surface area contributed by atoms with Gasteiger partial charge in [0.1, 0.15) is 4.21 Å². The molecular weight excluding hydrogens is 450 g/mol. The molecule has 0 spiro atoms. The fraction of sp³-hybridized carbons (Fsp3) is 0.455. The normalized spacial score (nSPS) is 23.3. The molecule has 0 unspecified atom stereocenters. The number of fused-ring (bicyclic) bond motifs is 1. The van der Waals surface area contributed by atoms with Gasteiger partial charge in [-0.1, -0.05) is 18.2 Å². The summed E-state index contributed by atoms with van der Waals surface area (Å²) in [5.41, 5.74) is 1.02. The Kier molecular flexibility index (Phi) is 5.85. The van der Waals surface area contributed by atoms with Gasteiger partial charge in [-0.15, -0.1) is 22.7 Å². The van der Waals surface area contributed by atoms with Crippen LogP contribution >= 0.6 is 22.7 Å². The van der Waals surface area contributed by atoms with E-state index < -0.39 is 10.0 Å². The number of carbonyl (C=O) groups is 1. The molecule has 2 aromatic heterocycles. The standard InChI is InChI=1S/C22H25N3O3S3/c26-22(17-7-4-12-25(15-17)31(27,28)20-10-5-13-29-20)24-11-3-6-16(14-24)21-23-18-8-1-2-9-19(18)30-21/h1-2,5,8-10,13,16-17H,3-4,6-7,11-12,14-15H2/t16-,17+/m0/s1. The first-order valence-corrected chi connectivity index (χ1v) is 13.8. The van der Waals surface area contributed by atoms with E-state index in [0.29, 0.717) is 17.3 Å². The molecule has 1 amide bonds. The van der Waals surface area contributed by atoms with Crippen LogP contribution in [-0.2, 0) is 14.8 Å². The van der Waals surface area contributed by atoms with Crippen molar-refractivity contribution in [3.8, 4) is 0 Å². The van der Waals surface area contributed by atoms with Crippen molar-refractivity contribution in [3.05, 3.63) is 46.8 Å². The highest BCUT2D eigenvalue weighted by atomic mass is 32.2. The summed E-state index contributed by atoms with van der Waals surface area (Å²) in [6.45, 7) is 2.18. The summed E-state index contributed by atoms with van der Waals surface area (Å²) in [4.78, 5) is 20.1. The Balaban J connectivity index is 1.29. The zero-order valence-electron chi connectivity index (χ0n) is 17.1. The number of thiazole rings is 1. The second-order valence-corrected chi connectivity index (χ2v) is 12.5. The van der Waals surface area contributed by atoms with Crippen LogP contribution in [0.5, 0.6) is 0 Å². The number of nitrogens with zero attached hydrogens (tertiary/aromatic N) is 3. The van der Waals surface area contributed by atoms with Gasteiger partial charge in [-0.05, 0) is 49.3 Å². The van der Waals surface area contributed by atoms with Crippen molar-refractivity contribution in [2.24, 2.45) is 5.92 Å². The van der Waals surface area contributed by atoms with E-state index in [1.54, 1.807) is 28.8 Å². The van der Waals surface area contributed by atoms with Crippen molar-refractivity contribution in [2.75, 3.05) is 26.2 Å². The van der Waals surface area contributed by atoms with Gasteiger partial charge in [-0.3, -0.25) is 4.79 Å². The molecule has 0 saturated carbocycles. The summed E-state index contributed by atoms with van der Waals surface area (Å²) >= 11 is 2.95. The van der Waals surface area contributed by atoms with Gasteiger partial charge in [0, 0.05) is 32.1 Å². The third-order valence-electron chi connectivity index (χ3n) is 6.22. The zero-order valence-corrected chi connectivity index (χ0v) is 19.6. The van der Waals surface area contributed by atoms with Gasteiger partial charge >= 0.3 is 0 Å². The van der Waals surface area contributed by atoms with E-state index in [4.69, 9.17) is 4.98 Å². The van der Waals surface area contributed by atoms with E-state index in [9.17, 15) is 13.2 Å². The van der Waals surface area contributed by atoms with Gasteiger partial charge in [0.25, 0.3) is 10.0 Å². The third kappa shape index (κ3) is 4.16. The Morgan fingerprint density at radius 3 is 2.68 bits per heavy atom. The average molecular weight is 476 g/mol. The number of amides is 1. The molecule has 3 aromatic rings. The lowest BCUT2D eigenvalue weighted by Crippen LogP contribution is -2.48. The van der Waals surface area contributed by atoms with E-state index in [-0.39, 0.29) is 24.3 Å². The molecule has 0 N–H and O–H groups in total. The lowest BCUT2D eigenvalue weighted by molar-refractivity contribution is -0.137. The smallest absolute Gasteiger partial charge is 0.252 e. The van der Waals surface area contributed by atoms with Crippen LogP contribution in [0.1, 0.15) is 36.6 Å². The van der Waals surface area contributed by atoms with E-state index in [2.05, 4.69) is 6.07 Å². The van der Waals surface area contributed by atoms with Gasteiger partial charge in [0.2, 0.25) is 5.91 Å². The van der Waals surface area contributed by atoms with Gasteiger partial charge < -0.3 is 4.90 Å². The van der Waals surface area contributed by atoms with Gasteiger partial charge in [0.05, 0.1) is 21.1 Å². The Morgan fingerprint density at radius 1 is 1.03 bits per heavy atom. The highest BCUT2D eigenvalue weighted by molar-refractivity contribution is 7.91. The van der Waals surface area contributed by atoms with Gasteiger partial charge in [0.15, 0.2) is 0 Å². The molecule has 0 aliphatic carbocycles. The molecular formula is C22H25N3O3S3. The second-order valence-electron chi connectivity index (χ2n) is 8.28. The Labute approximate surface area is 190 Å². The van der Waals surface area contributed by atoms with Crippen LogP contribution in [0.4, 0.5) is 0 Å². The molecule has 1 aromatic carbocycles. The lowest BCUT2D eigenvalue weighted by atomic mass is 9.94. The topological polar surface area (TPSA) is 70.6 Å². The number of likely N-dealkylation sites (tertiary alicyclic amines) is 1. The van der Waals surface area contributed by atoms with E-state index in [1.807, 2.05) is 23.1 Å². The minimum atomic E-state index is -3.51. The Hall–Kier alpha value is -1.81. The molecule has 9 heteroatoms. The summed E-state index contributed by atoms with van der Waals surface area (Å²) in [5.74, 6) is 0.0825. The fourth-order valence-corrected chi connectivity index (χ4v) is 8.36. The maximum atomic E-state index is 13.4. The van der Waals surface area contributed by atoms with Gasteiger partial charge in [-0.25, -0.2) is 13.4 Å². The van der Waals surface area contributed by atoms with Crippen molar-refractivity contribution in [2.45, 2.75) is 35.8 Å². The number of thiophene rings is 1. The van der Waals surface area contributed by atoms with Crippen LogP contribution in [0.3, 0.4) is 0 Å². The quantitative estimate of drug-likeness (QED) is 0.568. The largest absolute Gasteiger partial charge is 0.342 e. The Bertz CT molecular complexity index is 1140. The Morgan fingerprint density at radius 2 is 1.87 bits per heavy atom. The average Bonchev–Trinajstić information content (AvgIpc) is 3.49. The maximum Gasteiger partial charge on any atom is 0.252 e. The number of para-hydroxylation sites is 1. The molecule has 0 bridgehead atoms. The summed E-state index contributed by atoms with van der Waals surface area (Å²) in [6.07, 6.45) is 3.46. The molecule has 31 heavy (non-hydrogen) atoms. The number of piperidine rings is 2. The van der Waals surface area contributed by atoms with Crippen LogP contribution in [0.2, 0.25) is 0 Å². The first-order chi connectivity index (χ1) is 15.0. The van der Waals surface area contributed by atoms with Crippen molar-refractivity contribution in [1.29, 1.82) is 0 Å². The van der Waals surface area contributed by atoms with Crippen molar-refractivity contribution in [3.63, 3.8) is 0 Å². The monoisotopic (exact) mass is 475 g/mol. The van der Waals surface area contributed by atoms with Gasteiger partial charge in [-0.2, -0.15) is 4.31 Å². The molecule has 2 atom stereocenters. The van der Waals surface area contributed by atoms with E-state index in [1.165, 1.54) is 20.3 Å². The third-order valence-corrected chi connectivity index (χ3v) is 10.7. The van der Waals surface area contributed by atoms with Crippen molar-refractivity contribution < 1.29 is 13.2 Å². The van der Waals surface area contributed by atoms with E-state index in [0.717, 1.165) is 42.8 Å². The highest BCUT2D eigenvalue weighted by Gasteiger charge is 2.37.